The molecule has 1 aromatic heterocycles. The van der Waals surface area contributed by atoms with Crippen molar-refractivity contribution in [2.24, 2.45) is 0 Å². The lowest BCUT2D eigenvalue weighted by Crippen LogP contribution is -1.99. The molecule has 0 aliphatic rings. The van der Waals surface area contributed by atoms with Crippen molar-refractivity contribution >= 4 is 5.69 Å². The molecule has 2 aromatic rings. The Hall–Kier alpha value is -2.23. The molecular weight excluding hydrogens is 252 g/mol. The van der Waals surface area contributed by atoms with Crippen LogP contribution in [0, 0.1) is 10.1 Å². The Morgan fingerprint density at radius 3 is 2.55 bits per heavy atom. The first kappa shape index (κ1) is 14.2. The minimum absolute atomic E-state index is 0.126. The van der Waals surface area contributed by atoms with Gasteiger partial charge in [-0.2, -0.15) is 0 Å². The maximum atomic E-state index is 11.2. The summed E-state index contributed by atoms with van der Waals surface area (Å²) in [5, 5.41) is 11.2. The number of para-hydroxylation sites is 1. The van der Waals surface area contributed by atoms with E-state index >= 15 is 0 Å². The summed E-state index contributed by atoms with van der Waals surface area (Å²) in [4.78, 5) is 15.3. The SMILES string of the molecule is CCc1cc(C(C)C)ncc1-c1ccccc1[N+](=O)[O-]. The number of pyridine rings is 1. The quantitative estimate of drug-likeness (QED) is 0.613. The molecule has 0 N–H and O–H groups in total. The molecule has 1 heterocycles. The number of aromatic nitrogens is 1. The summed E-state index contributed by atoms with van der Waals surface area (Å²) in [6.45, 7) is 6.23. The van der Waals surface area contributed by atoms with Crippen LogP contribution in [0.25, 0.3) is 11.1 Å². The standard InChI is InChI=1S/C16H18N2O2/c1-4-12-9-15(11(2)3)17-10-14(12)13-7-5-6-8-16(13)18(19)20/h5-11H,4H2,1-3H3. The Labute approximate surface area is 118 Å². The zero-order chi connectivity index (χ0) is 14.7. The molecular formula is C16H18N2O2. The molecule has 20 heavy (non-hydrogen) atoms. The number of rotatable bonds is 4. The van der Waals surface area contributed by atoms with Gasteiger partial charge in [0.25, 0.3) is 5.69 Å². The Morgan fingerprint density at radius 2 is 1.95 bits per heavy atom. The van der Waals surface area contributed by atoms with E-state index in [1.165, 1.54) is 6.07 Å². The second-order valence-electron chi connectivity index (χ2n) is 5.05. The van der Waals surface area contributed by atoms with Crippen molar-refractivity contribution in [3.63, 3.8) is 0 Å². The van der Waals surface area contributed by atoms with Gasteiger partial charge in [-0.15, -0.1) is 0 Å². The molecule has 0 fully saturated rings. The Kier molecular flexibility index (Phi) is 4.13. The fourth-order valence-electron chi connectivity index (χ4n) is 2.23. The van der Waals surface area contributed by atoms with Gasteiger partial charge >= 0.3 is 0 Å². The van der Waals surface area contributed by atoms with E-state index in [1.54, 1.807) is 18.3 Å². The van der Waals surface area contributed by atoms with Crippen LogP contribution >= 0.6 is 0 Å². The van der Waals surface area contributed by atoms with Crippen LogP contribution in [-0.2, 0) is 6.42 Å². The lowest BCUT2D eigenvalue weighted by Gasteiger charge is -2.12. The van der Waals surface area contributed by atoms with Gasteiger partial charge in [0, 0.05) is 23.5 Å². The summed E-state index contributed by atoms with van der Waals surface area (Å²) < 4.78 is 0. The Balaban J connectivity index is 2.61. The Morgan fingerprint density at radius 1 is 1.25 bits per heavy atom. The monoisotopic (exact) mass is 270 g/mol. The molecule has 1 aromatic carbocycles. The molecule has 0 unspecified atom stereocenters. The third-order valence-corrected chi connectivity index (χ3v) is 3.37. The van der Waals surface area contributed by atoms with E-state index in [-0.39, 0.29) is 10.6 Å². The molecule has 0 radical (unpaired) electrons. The summed E-state index contributed by atoms with van der Waals surface area (Å²) in [6, 6.07) is 8.87. The number of nitro groups is 1. The first-order valence-electron chi connectivity index (χ1n) is 6.77. The van der Waals surface area contributed by atoms with E-state index < -0.39 is 0 Å². The van der Waals surface area contributed by atoms with E-state index in [2.05, 4.69) is 31.8 Å². The summed E-state index contributed by atoms with van der Waals surface area (Å²) in [5.41, 5.74) is 3.73. The lowest BCUT2D eigenvalue weighted by molar-refractivity contribution is -0.384. The van der Waals surface area contributed by atoms with Crippen LogP contribution in [0.15, 0.2) is 36.5 Å². The van der Waals surface area contributed by atoms with Crippen LogP contribution in [0.5, 0.6) is 0 Å². The lowest BCUT2D eigenvalue weighted by atomic mass is 9.96. The van der Waals surface area contributed by atoms with Gasteiger partial charge < -0.3 is 0 Å². The maximum Gasteiger partial charge on any atom is 0.277 e. The molecule has 2 rings (SSSR count). The third kappa shape index (κ3) is 2.69. The molecule has 0 aliphatic carbocycles. The van der Waals surface area contributed by atoms with Gasteiger partial charge in [-0.1, -0.05) is 32.9 Å². The van der Waals surface area contributed by atoms with Crippen LogP contribution in [0.1, 0.15) is 37.9 Å². The van der Waals surface area contributed by atoms with Crippen molar-refractivity contribution in [3.05, 3.63) is 57.9 Å². The first-order valence-corrected chi connectivity index (χ1v) is 6.77. The largest absolute Gasteiger partial charge is 0.277 e. The predicted molar refractivity (Wildman–Crippen MR) is 79.8 cm³/mol. The van der Waals surface area contributed by atoms with Gasteiger partial charge in [0.1, 0.15) is 0 Å². The van der Waals surface area contributed by atoms with Crippen molar-refractivity contribution in [2.45, 2.75) is 33.1 Å². The molecule has 104 valence electrons. The molecule has 4 heteroatoms. The molecule has 0 bridgehead atoms. The fourth-order valence-corrected chi connectivity index (χ4v) is 2.23. The van der Waals surface area contributed by atoms with Crippen LogP contribution in [0.2, 0.25) is 0 Å². The maximum absolute atomic E-state index is 11.2. The highest BCUT2D eigenvalue weighted by Crippen LogP contribution is 2.32. The van der Waals surface area contributed by atoms with Crippen molar-refractivity contribution in [1.82, 2.24) is 4.98 Å². The zero-order valence-corrected chi connectivity index (χ0v) is 12.0. The van der Waals surface area contributed by atoms with Crippen LogP contribution in [0.4, 0.5) is 5.69 Å². The second-order valence-corrected chi connectivity index (χ2v) is 5.05. The van der Waals surface area contributed by atoms with E-state index in [0.717, 1.165) is 23.2 Å². The van der Waals surface area contributed by atoms with Crippen molar-refractivity contribution in [3.8, 4) is 11.1 Å². The van der Waals surface area contributed by atoms with E-state index in [1.807, 2.05) is 6.07 Å². The number of aryl methyl sites for hydroxylation is 1. The van der Waals surface area contributed by atoms with Crippen LogP contribution < -0.4 is 0 Å². The summed E-state index contributed by atoms with van der Waals surface area (Å²) in [7, 11) is 0. The molecule has 0 saturated carbocycles. The van der Waals surface area contributed by atoms with Crippen molar-refractivity contribution in [2.75, 3.05) is 0 Å². The summed E-state index contributed by atoms with van der Waals surface area (Å²) >= 11 is 0. The number of nitro benzene ring substituents is 1. The number of hydrogen-bond donors (Lipinski definition) is 0. The van der Waals surface area contributed by atoms with Gasteiger partial charge in [0.15, 0.2) is 0 Å². The normalized spacial score (nSPS) is 10.8. The van der Waals surface area contributed by atoms with Crippen LogP contribution in [0.3, 0.4) is 0 Å². The molecule has 0 amide bonds. The van der Waals surface area contributed by atoms with Crippen LogP contribution in [-0.4, -0.2) is 9.91 Å². The van der Waals surface area contributed by atoms with E-state index in [0.29, 0.717) is 11.5 Å². The highest BCUT2D eigenvalue weighted by molar-refractivity contribution is 5.75. The van der Waals surface area contributed by atoms with Gasteiger partial charge in [-0.25, -0.2) is 0 Å². The minimum Gasteiger partial charge on any atom is -0.260 e. The second kappa shape index (κ2) is 5.82. The molecule has 0 spiro atoms. The summed E-state index contributed by atoms with van der Waals surface area (Å²) in [5.74, 6) is 0.347. The van der Waals surface area contributed by atoms with Crippen molar-refractivity contribution < 1.29 is 4.92 Å². The topological polar surface area (TPSA) is 56.0 Å². The smallest absolute Gasteiger partial charge is 0.260 e. The van der Waals surface area contributed by atoms with Gasteiger partial charge in [0.05, 0.1) is 10.5 Å². The molecule has 0 saturated heterocycles. The summed E-state index contributed by atoms with van der Waals surface area (Å²) in [6.07, 6.45) is 2.58. The van der Waals surface area contributed by atoms with Gasteiger partial charge in [-0.3, -0.25) is 15.1 Å². The predicted octanol–water partition coefficient (Wildman–Crippen LogP) is 4.34. The Bertz CT molecular complexity index is 636. The third-order valence-electron chi connectivity index (χ3n) is 3.37. The molecule has 0 aliphatic heterocycles. The minimum atomic E-state index is -0.342. The average molecular weight is 270 g/mol. The number of hydrogen-bond acceptors (Lipinski definition) is 3. The highest BCUT2D eigenvalue weighted by atomic mass is 16.6. The number of nitrogens with zero attached hydrogens (tertiary/aromatic N) is 2. The van der Waals surface area contributed by atoms with Crippen molar-refractivity contribution in [1.29, 1.82) is 0 Å². The van der Waals surface area contributed by atoms with E-state index in [4.69, 9.17) is 0 Å². The first-order chi connectivity index (χ1) is 9.54. The molecule has 0 atom stereocenters. The highest BCUT2D eigenvalue weighted by Gasteiger charge is 2.17. The average Bonchev–Trinajstić information content (AvgIpc) is 2.46. The molecule has 4 nitrogen and oxygen atoms in total. The zero-order valence-electron chi connectivity index (χ0n) is 12.0. The number of benzene rings is 1. The van der Waals surface area contributed by atoms with Gasteiger partial charge in [0.2, 0.25) is 0 Å². The fraction of sp³-hybridized carbons (Fsp3) is 0.312. The van der Waals surface area contributed by atoms with Gasteiger partial charge in [-0.05, 0) is 30.0 Å². The van der Waals surface area contributed by atoms with E-state index in [9.17, 15) is 10.1 Å².